The molecule has 1 fully saturated rings. The van der Waals surface area contributed by atoms with Crippen molar-refractivity contribution >= 4 is 0 Å². The SMILES string of the molecule is NCCCc1cnc(C2CCCN2)o1. The Labute approximate surface area is 83.9 Å². The monoisotopic (exact) mass is 195 g/mol. The number of hydrogen-bond donors (Lipinski definition) is 2. The van der Waals surface area contributed by atoms with E-state index in [1.165, 1.54) is 6.42 Å². The van der Waals surface area contributed by atoms with E-state index in [2.05, 4.69) is 10.3 Å². The Morgan fingerprint density at radius 3 is 3.29 bits per heavy atom. The molecule has 1 atom stereocenters. The van der Waals surface area contributed by atoms with E-state index in [9.17, 15) is 0 Å². The largest absolute Gasteiger partial charge is 0.444 e. The summed E-state index contributed by atoms with van der Waals surface area (Å²) in [5.74, 6) is 1.80. The van der Waals surface area contributed by atoms with Gasteiger partial charge in [-0.2, -0.15) is 0 Å². The highest BCUT2D eigenvalue weighted by molar-refractivity contribution is 5.00. The molecule has 0 amide bonds. The molecule has 1 saturated heterocycles. The number of nitrogens with zero attached hydrogens (tertiary/aromatic N) is 1. The Morgan fingerprint density at radius 2 is 2.57 bits per heavy atom. The Kier molecular flexibility index (Phi) is 3.16. The van der Waals surface area contributed by atoms with Crippen LogP contribution in [-0.4, -0.2) is 18.1 Å². The molecule has 0 spiro atoms. The first-order valence-electron chi connectivity index (χ1n) is 5.28. The van der Waals surface area contributed by atoms with E-state index in [1.54, 1.807) is 0 Å². The van der Waals surface area contributed by atoms with Gasteiger partial charge in [0.25, 0.3) is 0 Å². The molecule has 1 aliphatic heterocycles. The van der Waals surface area contributed by atoms with Crippen LogP contribution in [-0.2, 0) is 6.42 Å². The molecule has 0 radical (unpaired) electrons. The minimum Gasteiger partial charge on any atom is -0.444 e. The predicted molar refractivity (Wildman–Crippen MR) is 53.9 cm³/mol. The van der Waals surface area contributed by atoms with Crippen LogP contribution in [0.15, 0.2) is 10.6 Å². The standard InChI is InChI=1S/C10H17N3O/c11-5-1-3-8-7-13-10(14-8)9-4-2-6-12-9/h7,9,12H,1-6,11H2. The smallest absolute Gasteiger partial charge is 0.211 e. The summed E-state index contributed by atoms with van der Waals surface area (Å²) in [6.45, 7) is 1.78. The van der Waals surface area contributed by atoms with Crippen molar-refractivity contribution in [3.8, 4) is 0 Å². The fourth-order valence-electron chi connectivity index (χ4n) is 1.77. The lowest BCUT2D eigenvalue weighted by atomic mass is 10.2. The second-order valence-electron chi connectivity index (χ2n) is 3.71. The van der Waals surface area contributed by atoms with Crippen molar-refractivity contribution in [2.75, 3.05) is 13.1 Å². The van der Waals surface area contributed by atoms with Crippen LogP contribution in [0.25, 0.3) is 0 Å². The number of aromatic nitrogens is 1. The van der Waals surface area contributed by atoms with Gasteiger partial charge in [0, 0.05) is 6.42 Å². The predicted octanol–water partition coefficient (Wildman–Crippen LogP) is 0.990. The molecule has 2 rings (SSSR count). The van der Waals surface area contributed by atoms with E-state index in [0.717, 1.165) is 37.5 Å². The number of oxazole rings is 1. The molecule has 4 nitrogen and oxygen atoms in total. The van der Waals surface area contributed by atoms with Gasteiger partial charge in [0.15, 0.2) is 0 Å². The van der Waals surface area contributed by atoms with Gasteiger partial charge in [-0.3, -0.25) is 0 Å². The lowest BCUT2D eigenvalue weighted by molar-refractivity contribution is 0.402. The topological polar surface area (TPSA) is 64.1 Å². The van der Waals surface area contributed by atoms with E-state index in [4.69, 9.17) is 10.2 Å². The third-order valence-electron chi connectivity index (χ3n) is 2.56. The minimum absolute atomic E-state index is 0.335. The van der Waals surface area contributed by atoms with Gasteiger partial charge in [-0.05, 0) is 32.4 Å². The Hall–Kier alpha value is -0.870. The maximum absolute atomic E-state index is 5.64. The molecule has 2 heterocycles. The van der Waals surface area contributed by atoms with Crippen molar-refractivity contribution in [1.29, 1.82) is 0 Å². The highest BCUT2D eigenvalue weighted by atomic mass is 16.4. The summed E-state index contributed by atoms with van der Waals surface area (Å²) in [6.07, 6.45) is 6.04. The van der Waals surface area contributed by atoms with Crippen LogP contribution in [0.4, 0.5) is 0 Å². The summed E-state index contributed by atoms with van der Waals surface area (Å²) in [7, 11) is 0. The van der Waals surface area contributed by atoms with E-state index >= 15 is 0 Å². The van der Waals surface area contributed by atoms with Gasteiger partial charge in [0.2, 0.25) is 5.89 Å². The number of aryl methyl sites for hydroxylation is 1. The molecular formula is C10H17N3O. The van der Waals surface area contributed by atoms with E-state index in [1.807, 2.05) is 6.20 Å². The van der Waals surface area contributed by atoms with Crippen molar-refractivity contribution in [2.24, 2.45) is 5.73 Å². The van der Waals surface area contributed by atoms with Crippen molar-refractivity contribution < 1.29 is 4.42 Å². The molecule has 78 valence electrons. The second kappa shape index (κ2) is 4.57. The van der Waals surface area contributed by atoms with Crippen LogP contribution in [0, 0.1) is 0 Å². The summed E-state index contributed by atoms with van der Waals surface area (Å²) in [4.78, 5) is 4.28. The Balaban J connectivity index is 1.94. The third-order valence-corrected chi connectivity index (χ3v) is 2.56. The van der Waals surface area contributed by atoms with E-state index in [-0.39, 0.29) is 0 Å². The summed E-state index contributed by atoms with van der Waals surface area (Å²) < 4.78 is 5.64. The number of nitrogens with two attached hydrogens (primary N) is 1. The Bertz CT molecular complexity index is 279. The Morgan fingerprint density at radius 1 is 1.64 bits per heavy atom. The van der Waals surface area contributed by atoms with Gasteiger partial charge < -0.3 is 15.5 Å². The highest BCUT2D eigenvalue weighted by Crippen LogP contribution is 2.22. The molecule has 14 heavy (non-hydrogen) atoms. The maximum atomic E-state index is 5.64. The van der Waals surface area contributed by atoms with Crippen LogP contribution in [0.1, 0.15) is 37.0 Å². The average molecular weight is 195 g/mol. The third kappa shape index (κ3) is 2.13. The lowest BCUT2D eigenvalue weighted by Crippen LogP contribution is -2.12. The number of hydrogen-bond acceptors (Lipinski definition) is 4. The molecule has 1 aromatic rings. The van der Waals surface area contributed by atoms with Crippen molar-refractivity contribution in [1.82, 2.24) is 10.3 Å². The first-order valence-corrected chi connectivity index (χ1v) is 5.28. The summed E-state index contributed by atoms with van der Waals surface area (Å²) >= 11 is 0. The van der Waals surface area contributed by atoms with Gasteiger partial charge in [0.1, 0.15) is 5.76 Å². The lowest BCUT2D eigenvalue weighted by Gasteiger charge is -2.03. The van der Waals surface area contributed by atoms with Crippen molar-refractivity contribution in [2.45, 2.75) is 31.7 Å². The average Bonchev–Trinajstić information content (AvgIpc) is 2.85. The maximum Gasteiger partial charge on any atom is 0.211 e. The van der Waals surface area contributed by atoms with Gasteiger partial charge in [0.05, 0.1) is 12.2 Å². The fraction of sp³-hybridized carbons (Fsp3) is 0.700. The van der Waals surface area contributed by atoms with Crippen LogP contribution in [0.3, 0.4) is 0 Å². The quantitative estimate of drug-likeness (QED) is 0.752. The van der Waals surface area contributed by atoms with Crippen molar-refractivity contribution in [3.63, 3.8) is 0 Å². The molecule has 0 saturated carbocycles. The van der Waals surface area contributed by atoms with Crippen LogP contribution in [0.2, 0.25) is 0 Å². The molecule has 0 bridgehead atoms. The van der Waals surface area contributed by atoms with Crippen molar-refractivity contribution in [3.05, 3.63) is 17.8 Å². The number of rotatable bonds is 4. The van der Waals surface area contributed by atoms with Gasteiger partial charge in [-0.15, -0.1) is 0 Å². The highest BCUT2D eigenvalue weighted by Gasteiger charge is 2.20. The molecule has 0 aliphatic carbocycles. The normalized spacial score (nSPS) is 21.6. The molecule has 3 N–H and O–H groups in total. The molecule has 1 unspecified atom stereocenters. The van der Waals surface area contributed by atoms with E-state index < -0.39 is 0 Å². The molecule has 0 aromatic carbocycles. The first kappa shape index (κ1) is 9.68. The minimum atomic E-state index is 0.335. The second-order valence-corrected chi connectivity index (χ2v) is 3.71. The van der Waals surface area contributed by atoms with Crippen LogP contribution in [0.5, 0.6) is 0 Å². The zero-order valence-corrected chi connectivity index (χ0v) is 8.33. The summed E-state index contributed by atoms with van der Waals surface area (Å²) in [5.41, 5.74) is 5.43. The van der Waals surface area contributed by atoms with E-state index in [0.29, 0.717) is 12.6 Å². The first-order chi connectivity index (χ1) is 6.90. The fourth-order valence-corrected chi connectivity index (χ4v) is 1.77. The van der Waals surface area contributed by atoms with Crippen LogP contribution >= 0.6 is 0 Å². The molecule has 1 aromatic heterocycles. The zero-order valence-electron chi connectivity index (χ0n) is 8.33. The summed E-state index contributed by atoms with van der Waals surface area (Å²) in [5, 5.41) is 3.36. The van der Waals surface area contributed by atoms with Gasteiger partial charge >= 0.3 is 0 Å². The van der Waals surface area contributed by atoms with Gasteiger partial charge in [-0.25, -0.2) is 4.98 Å². The number of nitrogens with one attached hydrogen (secondary N) is 1. The molecule has 1 aliphatic rings. The zero-order chi connectivity index (χ0) is 9.80. The molecular weight excluding hydrogens is 178 g/mol. The molecule has 4 heteroatoms. The van der Waals surface area contributed by atoms with Crippen LogP contribution < -0.4 is 11.1 Å². The van der Waals surface area contributed by atoms with Gasteiger partial charge in [-0.1, -0.05) is 0 Å². The summed E-state index contributed by atoms with van der Waals surface area (Å²) in [6, 6.07) is 0.335.